The normalized spacial score (nSPS) is 22.2. The Labute approximate surface area is 164 Å². The molecule has 150 valence electrons. The lowest BCUT2D eigenvalue weighted by Gasteiger charge is -2.39. The number of carbonyl (C=O) groups is 2. The van der Waals surface area contributed by atoms with E-state index in [0.29, 0.717) is 11.9 Å². The number of nitrogens with zero attached hydrogens (tertiary/aromatic N) is 3. The third-order valence-corrected chi connectivity index (χ3v) is 5.99. The number of urea groups is 1. The molecule has 3 aliphatic rings. The van der Waals surface area contributed by atoms with E-state index in [1.807, 2.05) is 9.80 Å². The highest BCUT2D eigenvalue weighted by Crippen LogP contribution is 2.24. The summed E-state index contributed by atoms with van der Waals surface area (Å²) < 4.78 is 0. The zero-order valence-electron chi connectivity index (χ0n) is 16.1. The van der Waals surface area contributed by atoms with E-state index in [9.17, 15) is 9.59 Å². The molecule has 0 bridgehead atoms. The fourth-order valence-electron chi connectivity index (χ4n) is 4.49. The van der Waals surface area contributed by atoms with Crippen LogP contribution in [0.1, 0.15) is 51.9 Å². The first-order valence-corrected chi connectivity index (χ1v) is 10.3. The zero-order chi connectivity index (χ0) is 17.6. The Balaban J connectivity index is 0.00000243. The van der Waals surface area contributed by atoms with Crippen molar-refractivity contribution in [2.45, 2.75) is 57.9 Å². The van der Waals surface area contributed by atoms with Gasteiger partial charge in [0, 0.05) is 44.7 Å². The van der Waals surface area contributed by atoms with Gasteiger partial charge in [-0.15, -0.1) is 12.4 Å². The minimum absolute atomic E-state index is 0. The number of nitrogens with one attached hydrogen (secondary N) is 1. The number of piperidine rings is 2. The molecule has 0 spiro atoms. The van der Waals surface area contributed by atoms with Crippen molar-refractivity contribution in [2.24, 2.45) is 5.92 Å². The number of amides is 3. The molecule has 7 heteroatoms. The quantitative estimate of drug-likeness (QED) is 0.806. The Morgan fingerprint density at radius 1 is 0.962 bits per heavy atom. The van der Waals surface area contributed by atoms with E-state index in [2.05, 4.69) is 17.1 Å². The van der Waals surface area contributed by atoms with E-state index in [1.165, 1.54) is 0 Å². The molecule has 0 radical (unpaired) electrons. The minimum atomic E-state index is 0. The van der Waals surface area contributed by atoms with Crippen LogP contribution in [0.3, 0.4) is 0 Å². The standard InChI is InChI=1S/C19H34N4O2.ClH/c1-2-11-23(17-5-9-20-10-6-17)18(24)16-7-14-22(15-8-16)19(25)21-12-3-4-13-21;/h16-17,20H,2-15H2,1H3;1H. The van der Waals surface area contributed by atoms with Crippen LogP contribution < -0.4 is 5.32 Å². The molecule has 0 saturated carbocycles. The van der Waals surface area contributed by atoms with Gasteiger partial charge in [-0.2, -0.15) is 0 Å². The lowest BCUT2D eigenvalue weighted by atomic mass is 9.93. The predicted octanol–water partition coefficient (Wildman–Crippen LogP) is 2.33. The Morgan fingerprint density at radius 3 is 2.12 bits per heavy atom. The van der Waals surface area contributed by atoms with Crippen LogP contribution in [0.15, 0.2) is 0 Å². The summed E-state index contributed by atoms with van der Waals surface area (Å²) in [5.41, 5.74) is 0. The number of hydrogen-bond donors (Lipinski definition) is 1. The maximum Gasteiger partial charge on any atom is 0.319 e. The van der Waals surface area contributed by atoms with Crippen LogP contribution in [-0.4, -0.2) is 78.5 Å². The summed E-state index contributed by atoms with van der Waals surface area (Å²) >= 11 is 0. The average molecular weight is 387 g/mol. The van der Waals surface area contributed by atoms with Gasteiger partial charge in [-0.25, -0.2) is 4.79 Å². The van der Waals surface area contributed by atoms with Gasteiger partial charge in [0.05, 0.1) is 0 Å². The number of likely N-dealkylation sites (tertiary alicyclic amines) is 2. The summed E-state index contributed by atoms with van der Waals surface area (Å²) in [7, 11) is 0. The largest absolute Gasteiger partial charge is 0.339 e. The van der Waals surface area contributed by atoms with Crippen molar-refractivity contribution in [3.8, 4) is 0 Å². The molecular weight excluding hydrogens is 352 g/mol. The van der Waals surface area contributed by atoms with E-state index in [0.717, 1.165) is 90.8 Å². The summed E-state index contributed by atoms with van der Waals surface area (Å²) in [6.45, 7) is 8.32. The third-order valence-electron chi connectivity index (χ3n) is 5.99. The van der Waals surface area contributed by atoms with E-state index in [4.69, 9.17) is 0 Å². The SMILES string of the molecule is CCCN(C(=O)C1CCN(C(=O)N2CCCC2)CC1)C1CCNCC1.Cl. The highest BCUT2D eigenvalue weighted by Gasteiger charge is 2.34. The van der Waals surface area contributed by atoms with Gasteiger partial charge in [-0.3, -0.25) is 4.79 Å². The first-order valence-electron chi connectivity index (χ1n) is 10.3. The molecule has 0 aromatic rings. The van der Waals surface area contributed by atoms with Crippen molar-refractivity contribution in [3.63, 3.8) is 0 Å². The van der Waals surface area contributed by atoms with Gasteiger partial charge in [0.25, 0.3) is 0 Å². The lowest BCUT2D eigenvalue weighted by molar-refractivity contribution is -0.140. The van der Waals surface area contributed by atoms with E-state index in [1.54, 1.807) is 0 Å². The van der Waals surface area contributed by atoms with Gasteiger partial charge in [-0.05, 0) is 58.0 Å². The van der Waals surface area contributed by atoms with Crippen LogP contribution in [0.25, 0.3) is 0 Å². The van der Waals surface area contributed by atoms with E-state index in [-0.39, 0.29) is 24.4 Å². The number of carbonyl (C=O) groups excluding carboxylic acids is 2. The Kier molecular flexibility index (Phi) is 8.48. The summed E-state index contributed by atoms with van der Waals surface area (Å²) in [6.07, 6.45) is 7.05. The molecule has 3 heterocycles. The molecule has 26 heavy (non-hydrogen) atoms. The number of rotatable bonds is 4. The molecular formula is C19H35ClN4O2. The molecule has 6 nitrogen and oxygen atoms in total. The fourth-order valence-corrected chi connectivity index (χ4v) is 4.49. The molecule has 0 aromatic carbocycles. The van der Waals surface area contributed by atoms with Crippen LogP contribution in [0.4, 0.5) is 4.79 Å². The highest BCUT2D eigenvalue weighted by atomic mass is 35.5. The molecule has 3 amide bonds. The second-order valence-corrected chi connectivity index (χ2v) is 7.75. The predicted molar refractivity (Wildman–Crippen MR) is 106 cm³/mol. The smallest absolute Gasteiger partial charge is 0.319 e. The lowest BCUT2D eigenvalue weighted by Crippen LogP contribution is -2.51. The summed E-state index contributed by atoms with van der Waals surface area (Å²) in [5.74, 6) is 0.436. The Bertz CT molecular complexity index is 456. The van der Waals surface area contributed by atoms with Crippen molar-refractivity contribution in [1.82, 2.24) is 20.0 Å². The molecule has 0 unspecified atom stereocenters. The van der Waals surface area contributed by atoms with Gasteiger partial charge >= 0.3 is 6.03 Å². The average Bonchev–Trinajstić information content (AvgIpc) is 3.20. The van der Waals surface area contributed by atoms with E-state index >= 15 is 0 Å². The molecule has 3 aliphatic heterocycles. The number of halogens is 1. The monoisotopic (exact) mass is 386 g/mol. The molecule has 3 rings (SSSR count). The van der Waals surface area contributed by atoms with Crippen molar-refractivity contribution < 1.29 is 9.59 Å². The summed E-state index contributed by atoms with van der Waals surface area (Å²) in [4.78, 5) is 31.7. The fraction of sp³-hybridized carbons (Fsp3) is 0.895. The van der Waals surface area contributed by atoms with Crippen molar-refractivity contribution in [2.75, 3.05) is 45.8 Å². The first-order chi connectivity index (χ1) is 12.2. The number of hydrogen-bond acceptors (Lipinski definition) is 3. The van der Waals surface area contributed by atoms with Crippen LogP contribution in [0.2, 0.25) is 0 Å². The van der Waals surface area contributed by atoms with Gasteiger partial charge in [0.2, 0.25) is 5.91 Å². The van der Waals surface area contributed by atoms with Gasteiger partial charge in [0.15, 0.2) is 0 Å². The van der Waals surface area contributed by atoms with Gasteiger partial charge < -0.3 is 20.0 Å². The Morgan fingerprint density at radius 2 is 1.54 bits per heavy atom. The van der Waals surface area contributed by atoms with E-state index < -0.39 is 0 Å². The van der Waals surface area contributed by atoms with Crippen molar-refractivity contribution in [3.05, 3.63) is 0 Å². The topological polar surface area (TPSA) is 55.9 Å². The van der Waals surface area contributed by atoms with Crippen LogP contribution in [0.5, 0.6) is 0 Å². The second kappa shape index (κ2) is 10.4. The zero-order valence-corrected chi connectivity index (χ0v) is 16.9. The maximum atomic E-state index is 13.1. The van der Waals surface area contributed by atoms with Crippen LogP contribution in [-0.2, 0) is 4.79 Å². The van der Waals surface area contributed by atoms with Gasteiger partial charge in [-0.1, -0.05) is 6.92 Å². The molecule has 3 fully saturated rings. The molecule has 0 aromatic heterocycles. The molecule has 0 atom stereocenters. The minimum Gasteiger partial charge on any atom is -0.339 e. The second-order valence-electron chi connectivity index (χ2n) is 7.75. The molecule has 3 saturated heterocycles. The van der Waals surface area contributed by atoms with Crippen molar-refractivity contribution >= 4 is 24.3 Å². The maximum absolute atomic E-state index is 13.1. The molecule has 1 N–H and O–H groups in total. The molecule has 0 aliphatic carbocycles. The van der Waals surface area contributed by atoms with Crippen LogP contribution in [0, 0.1) is 5.92 Å². The third kappa shape index (κ3) is 5.03. The highest BCUT2D eigenvalue weighted by molar-refractivity contribution is 5.85. The van der Waals surface area contributed by atoms with Crippen LogP contribution >= 0.6 is 12.4 Å². The Hall–Kier alpha value is -1.01. The first kappa shape index (κ1) is 21.3. The van der Waals surface area contributed by atoms with Crippen molar-refractivity contribution in [1.29, 1.82) is 0 Å². The summed E-state index contributed by atoms with van der Waals surface area (Å²) in [5, 5.41) is 3.39. The van der Waals surface area contributed by atoms with Gasteiger partial charge in [0.1, 0.15) is 0 Å². The summed E-state index contributed by atoms with van der Waals surface area (Å²) in [6, 6.07) is 0.588.